The Morgan fingerprint density at radius 3 is 1.80 bits per heavy atom. The second kappa shape index (κ2) is 5.41. The Bertz CT molecular complexity index is 598. The van der Waals surface area contributed by atoms with E-state index in [4.69, 9.17) is 0 Å². The molecular formula is C16H15F2NO. The van der Waals surface area contributed by atoms with E-state index < -0.39 is 5.92 Å². The van der Waals surface area contributed by atoms with Crippen molar-refractivity contribution < 1.29 is 13.6 Å². The first-order valence-corrected chi connectivity index (χ1v) is 6.22. The Hall–Kier alpha value is -2.23. The van der Waals surface area contributed by atoms with E-state index in [1.54, 1.807) is 43.4 Å². The summed E-state index contributed by atoms with van der Waals surface area (Å²) in [6.45, 7) is 0.875. The lowest BCUT2D eigenvalue weighted by Gasteiger charge is -2.11. The monoisotopic (exact) mass is 275 g/mol. The molecule has 0 fully saturated rings. The number of alkyl halides is 2. The highest BCUT2D eigenvalue weighted by Crippen LogP contribution is 2.29. The maximum atomic E-state index is 13.1. The molecule has 0 unspecified atom stereocenters. The molecule has 2 aromatic carbocycles. The second-order valence-electron chi connectivity index (χ2n) is 4.62. The molecule has 0 spiro atoms. The van der Waals surface area contributed by atoms with E-state index >= 15 is 0 Å². The lowest BCUT2D eigenvalue weighted by Crippen LogP contribution is -2.17. The number of carbonyl (C=O) groups is 1. The number of rotatable bonds is 3. The molecule has 1 amide bonds. The van der Waals surface area contributed by atoms with Crippen LogP contribution in [0.25, 0.3) is 11.1 Å². The van der Waals surface area contributed by atoms with Gasteiger partial charge in [-0.15, -0.1) is 0 Å². The third-order valence-corrected chi connectivity index (χ3v) is 3.10. The molecule has 0 saturated carbocycles. The van der Waals surface area contributed by atoms with Crippen LogP contribution in [0.15, 0.2) is 48.5 Å². The van der Waals surface area contributed by atoms with Crippen molar-refractivity contribution in [1.82, 2.24) is 5.32 Å². The summed E-state index contributed by atoms with van der Waals surface area (Å²) >= 11 is 0. The molecule has 20 heavy (non-hydrogen) atoms. The molecule has 2 rings (SSSR count). The van der Waals surface area contributed by atoms with Gasteiger partial charge in [0.2, 0.25) is 0 Å². The minimum atomic E-state index is -2.83. The average Bonchev–Trinajstić information content (AvgIpc) is 2.46. The number of amides is 1. The van der Waals surface area contributed by atoms with Crippen molar-refractivity contribution in [3.63, 3.8) is 0 Å². The molecule has 104 valence electrons. The second-order valence-corrected chi connectivity index (χ2v) is 4.62. The first kappa shape index (κ1) is 14.2. The van der Waals surface area contributed by atoms with E-state index in [2.05, 4.69) is 5.32 Å². The van der Waals surface area contributed by atoms with Crippen LogP contribution in [0.5, 0.6) is 0 Å². The van der Waals surface area contributed by atoms with E-state index in [0.29, 0.717) is 5.56 Å². The largest absolute Gasteiger partial charge is 0.355 e. The first-order chi connectivity index (χ1) is 9.41. The fraction of sp³-hybridized carbons (Fsp3) is 0.188. The van der Waals surface area contributed by atoms with Gasteiger partial charge in [-0.2, -0.15) is 0 Å². The predicted molar refractivity (Wildman–Crippen MR) is 74.8 cm³/mol. The number of hydrogen-bond donors (Lipinski definition) is 1. The van der Waals surface area contributed by atoms with Crippen molar-refractivity contribution in [2.24, 2.45) is 0 Å². The molecule has 0 saturated heterocycles. The van der Waals surface area contributed by atoms with Crippen molar-refractivity contribution in [1.29, 1.82) is 0 Å². The minimum Gasteiger partial charge on any atom is -0.355 e. The molecule has 0 bridgehead atoms. The normalized spacial score (nSPS) is 11.2. The van der Waals surface area contributed by atoms with Gasteiger partial charge in [-0.25, -0.2) is 8.78 Å². The quantitative estimate of drug-likeness (QED) is 0.906. The summed E-state index contributed by atoms with van der Waals surface area (Å²) in [6.07, 6.45) is 0. The van der Waals surface area contributed by atoms with Crippen LogP contribution < -0.4 is 5.32 Å². The minimum absolute atomic E-state index is 0.0109. The van der Waals surface area contributed by atoms with Crippen LogP contribution in [0.4, 0.5) is 8.78 Å². The van der Waals surface area contributed by atoms with E-state index in [0.717, 1.165) is 18.1 Å². The van der Waals surface area contributed by atoms with Crippen LogP contribution in [0.3, 0.4) is 0 Å². The third-order valence-electron chi connectivity index (χ3n) is 3.10. The Morgan fingerprint density at radius 1 is 0.950 bits per heavy atom. The van der Waals surface area contributed by atoms with Gasteiger partial charge in [0, 0.05) is 25.1 Å². The lowest BCUT2D eigenvalue weighted by molar-refractivity contribution is 0.0175. The van der Waals surface area contributed by atoms with Crippen LogP contribution in [0, 0.1) is 0 Å². The van der Waals surface area contributed by atoms with Gasteiger partial charge in [-0.05, 0) is 23.3 Å². The van der Waals surface area contributed by atoms with E-state index in [-0.39, 0.29) is 11.5 Å². The van der Waals surface area contributed by atoms with Crippen molar-refractivity contribution in [3.05, 3.63) is 59.7 Å². The van der Waals surface area contributed by atoms with Gasteiger partial charge in [0.05, 0.1) is 0 Å². The summed E-state index contributed by atoms with van der Waals surface area (Å²) < 4.78 is 26.3. The zero-order chi connectivity index (χ0) is 14.8. The first-order valence-electron chi connectivity index (χ1n) is 6.22. The summed E-state index contributed by atoms with van der Waals surface area (Å²) in [5.74, 6) is -2.99. The number of carbonyl (C=O) groups excluding carboxylic acids is 1. The summed E-state index contributed by atoms with van der Waals surface area (Å²) in [7, 11) is 1.57. The summed E-state index contributed by atoms with van der Waals surface area (Å²) in [6, 6.07) is 13.1. The van der Waals surface area contributed by atoms with Crippen molar-refractivity contribution >= 4 is 5.91 Å². The van der Waals surface area contributed by atoms with Crippen molar-refractivity contribution in [2.45, 2.75) is 12.8 Å². The van der Waals surface area contributed by atoms with Gasteiger partial charge in [0.15, 0.2) is 0 Å². The van der Waals surface area contributed by atoms with Crippen LogP contribution in [-0.2, 0) is 5.92 Å². The fourth-order valence-corrected chi connectivity index (χ4v) is 1.91. The van der Waals surface area contributed by atoms with Gasteiger partial charge in [-0.1, -0.05) is 36.4 Å². The molecule has 0 heterocycles. The third kappa shape index (κ3) is 3.02. The molecule has 4 heteroatoms. The maximum Gasteiger partial charge on any atom is 0.270 e. The van der Waals surface area contributed by atoms with Gasteiger partial charge in [0.1, 0.15) is 0 Å². The molecule has 0 aliphatic rings. The van der Waals surface area contributed by atoms with E-state index in [1.165, 1.54) is 12.1 Å². The van der Waals surface area contributed by atoms with Crippen LogP contribution in [0.2, 0.25) is 0 Å². The predicted octanol–water partition coefficient (Wildman–Crippen LogP) is 3.82. The molecular weight excluding hydrogens is 260 g/mol. The number of nitrogens with one attached hydrogen (secondary N) is 1. The smallest absolute Gasteiger partial charge is 0.270 e. The van der Waals surface area contributed by atoms with Crippen molar-refractivity contribution in [2.75, 3.05) is 7.05 Å². The number of halogens is 2. The number of benzene rings is 2. The molecule has 2 aromatic rings. The van der Waals surface area contributed by atoms with E-state index in [9.17, 15) is 13.6 Å². The van der Waals surface area contributed by atoms with E-state index in [1.807, 2.05) is 0 Å². The molecule has 0 atom stereocenters. The molecule has 0 aliphatic heterocycles. The zero-order valence-corrected chi connectivity index (χ0v) is 11.3. The van der Waals surface area contributed by atoms with Crippen LogP contribution >= 0.6 is 0 Å². The highest BCUT2D eigenvalue weighted by Gasteiger charge is 2.23. The summed E-state index contributed by atoms with van der Waals surface area (Å²) in [5.41, 5.74) is 2.27. The molecule has 0 aromatic heterocycles. The maximum absolute atomic E-state index is 13.1. The van der Waals surface area contributed by atoms with Crippen LogP contribution in [0.1, 0.15) is 22.8 Å². The SMILES string of the molecule is CNC(=O)c1ccc(-c2ccc(C(C)(F)F)cc2)cc1. The van der Waals surface area contributed by atoms with Gasteiger partial charge < -0.3 is 5.32 Å². The highest BCUT2D eigenvalue weighted by atomic mass is 19.3. The van der Waals surface area contributed by atoms with Gasteiger partial charge >= 0.3 is 0 Å². The topological polar surface area (TPSA) is 29.1 Å². The molecule has 0 aliphatic carbocycles. The Labute approximate surface area is 116 Å². The summed E-state index contributed by atoms with van der Waals surface area (Å²) in [5, 5.41) is 2.54. The molecule has 2 nitrogen and oxygen atoms in total. The van der Waals surface area contributed by atoms with Crippen molar-refractivity contribution in [3.8, 4) is 11.1 Å². The standard InChI is InChI=1S/C16H15F2NO/c1-16(17,18)14-9-7-12(8-10-14)11-3-5-13(6-4-11)15(20)19-2/h3-10H,1-2H3,(H,19,20). The Balaban J connectivity index is 2.26. The summed E-state index contributed by atoms with van der Waals surface area (Å²) in [4.78, 5) is 11.4. The Morgan fingerprint density at radius 2 is 1.40 bits per heavy atom. The van der Waals surface area contributed by atoms with Gasteiger partial charge in [-0.3, -0.25) is 4.79 Å². The van der Waals surface area contributed by atoms with Gasteiger partial charge in [0.25, 0.3) is 11.8 Å². The molecule has 0 radical (unpaired) electrons. The fourth-order valence-electron chi connectivity index (χ4n) is 1.91. The zero-order valence-electron chi connectivity index (χ0n) is 11.3. The Kier molecular flexibility index (Phi) is 3.84. The van der Waals surface area contributed by atoms with Crippen LogP contribution in [-0.4, -0.2) is 13.0 Å². The number of hydrogen-bond acceptors (Lipinski definition) is 1. The lowest BCUT2D eigenvalue weighted by atomic mass is 10.0. The average molecular weight is 275 g/mol. The highest BCUT2D eigenvalue weighted by molar-refractivity contribution is 5.94. The molecule has 1 N–H and O–H groups in total.